The summed E-state index contributed by atoms with van der Waals surface area (Å²) in [4.78, 5) is 0. The van der Waals surface area contributed by atoms with E-state index in [0.29, 0.717) is 12.5 Å². The van der Waals surface area contributed by atoms with Gasteiger partial charge in [0.1, 0.15) is 18.5 Å². The van der Waals surface area contributed by atoms with Gasteiger partial charge in [-0.3, -0.25) is 0 Å². The molecule has 20 heavy (non-hydrogen) atoms. The second-order valence-corrected chi connectivity index (χ2v) is 5.46. The van der Waals surface area contributed by atoms with Crippen molar-refractivity contribution in [1.29, 1.82) is 0 Å². The summed E-state index contributed by atoms with van der Waals surface area (Å²) in [5.74, 6) is 1.27. The molecule has 3 N–H and O–H groups in total. The fourth-order valence-corrected chi connectivity index (χ4v) is 2.08. The molecule has 0 aliphatic carbocycles. The lowest BCUT2D eigenvalue weighted by Crippen LogP contribution is -2.34. The molecule has 4 heteroatoms. The number of benzene rings is 1. The van der Waals surface area contributed by atoms with Gasteiger partial charge in [0.05, 0.1) is 0 Å². The van der Waals surface area contributed by atoms with Gasteiger partial charge in [0.25, 0.3) is 0 Å². The first-order valence-electron chi connectivity index (χ1n) is 7.23. The van der Waals surface area contributed by atoms with E-state index in [4.69, 9.17) is 9.84 Å². The Balaban J connectivity index is 2.28. The summed E-state index contributed by atoms with van der Waals surface area (Å²) < 4.78 is 5.70. The fraction of sp³-hybridized carbons (Fsp3) is 0.625. The van der Waals surface area contributed by atoms with Crippen LogP contribution in [-0.4, -0.2) is 42.6 Å². The maximum Gasteiger partial charge on any atom is 0.125 e. The van der Waals surface area contributed by atoms with Crippen molar-refractivity contribution in [1.82, 2.24) is 5.32 Å². The number of para-hydroxylation sites is 1. The molecule has 114 valence electrons. The fourth-order valence-electron chi connectivity index (χ4n) is 2.08. The molecule has 2 unspecified atom stereocenters. The zero-order valence-corrected chi connectivity index (χ0v) is 12.7. The van der Waals surface area contributed by atoms with Crippen molar-refractivity contribution in [3.8, 4) is 5.75 Å². The number of ether oxygens (including phenoxy) is 1. The quantitative estimate of drug-likeness (QED) is 0.644. The van der Waals surface area contributed by atoms with Crippen molar-refractivity contribution >= 4 is 0 Å². The number of aryl methyl sites for hydroxylation is 2. The van der Waals surface area contributed by atoms with Gasteiger partial charge in [-0.25, -0.2) is 0 Å². The molecule has 1 aromatic carbocycles. The van der Waals surface area contributed by atoms with E-state index in [1.54, 1.807) is 0 Å². The van der Waals surface area contributed by atoms with Crippen molar-refractivity contribution in [3.63, 3.8) is 0 Å². The molecule has 1 rings (SSSR count). The summed E-state index contributed by atoms with van der Waals surface area (Å²) in [6.45, 7) is 7.87. The number of hydrogen-bond acceptors (Lipinski definition) is 4. The second kappa shape index (κ2) is 8.95. The van der Waals surface area contributed by atoms with Gasteiger partial charge >= 0.3 is 0 Å². The van der Waals surface area contributed by atoms with Crippen molar-refractivity contribution in [2.24, 2.45) is 5.92 Å². The number of aliphatic hydroxyl groups excluding tert-OH is 2. The van der Waals surface area contributed by atoms with Crippen LogP contribution in [0.25, 0.3) is 0 Å². The highest BCUT2D eigenvalue weighted by Gasteiger charge is 2.09. The Morgan fingerprint density at radius 2 is 1.85 bits per heavy atom. The summed E-state index contributed by atoms with van der Waals surface area (Å²) in [5.41, 5.74) is 2.17. The first-order chi connectivity index (χ1) is 9.54. The van der Waals surface area contributed by atoms with E-state index in [0.717, 1.165) is 29.8 Å². The average Bonchev–Trinajstić information content (AvgIpc) is 2.38. The van der Waals surface area contributed by atoms with E-state index < -0.39 is 6.10 Å². The predicted molar refractivity (Wildman–Crippen MR) is 81.2 cm³/mol. The van der Waals surface area contributed by atoms with Gasteiger partial charge in [-0.2, -0.15) is 0 Å². The molecule has 0 aliphatic heterocycles. The summed E-state index contributed by atoms with van der Waals surface area (Å²) in [5, 5.41) is 21.9. The summed E-state index contributed by atoms with van der Waals surface area (Å²) in [7, 11) is 0. The standard InChI is InChI=1S/C16H27NO3/c1-12(7-8-18)9-17-10-15(19)11-20-16-13(2)5-4-6-14(16)3/h4-6,12,15,17-19H,7-11H2,1-3H3. The number of rotatable bonds is 9. The van der Waals surface area contributed by atoms with Gasteiger partial charge in [0.2, 0.25) is 0 Å². The zero-order valence-electron chi connectivity index (χ0n) is 12.7. The van der Waals surface area contributed by atoms with Crippen molar-refractivity contribution in [2.75, 3.05) is 26.3 Å². The lowest BCUT2D eigenvalue weighted by atomic mass is 10.1. The Bertz CT molecular complexity index is 375. The molecule has 0 fully saturated rings. The third-order valence-corrected chi connectivity index (χ3v) is 3.32. The molecular formula is C16H27NO3. The first-order valence-corrected chi connectivity index (χ1v) is 7.23. The third kappa shape index (κ3) is 5.90. The Morgan fingerprint density at radius 1 is 1.20 bits per heavy atom. The molecule has 0 amide bonds. The molecule has 0 bridgehead atoms. The first kappa shape index (κ1) is 17.0. The van der Waals surface area contributed by atoms with Crippen LogP contribution in [0.15, 0.2) is 18.2 Å². The van der Waals surface area contributed by atoms with Gasteiger partial charge in [0.15, 0.2) is 0 Å². The molecular weight excluding hydrogens is 254 g/mol. The zero-order chi connectivity index (χ0) is 15.0. The largest absolute Gasteiger partial charge is 0.490 e. The Kier molecular flexibility index (Phi) is 7.59. The van der Waals surface area contributed by atoms with E-state index in [9.17, 15) is 5.11 Å². The number of hydrogen-bond donors (Lipinski definition) is 3. The van der Waals surface area contributed by atoms with Gasteiger partial charge in [-0.1, -0.05) is 25.1 Å². The van der Waals surface area contributed by atoms with Crippen molar-refractivity contribution in [3.05, 3.63) is 29.3 Å². The maximum atomic E-state index is 9.90. The lowest BCUT2D eigenvalue weighted by molar-refractivity contribution is 0.104. The van der Waals surface area contributed by atoms with E-state index in [-0.39, 0.29) is 13.2 Å². The number of aliphatic hydroxyl groups is 2. The third-order valence-electron chi connectivity index (χ3n) is 3.32. The van der Waals surface area contributed by atoms with Crippen molar-refractivity contribution < 1.29 is 14.9 Å². The van der Waals surface area contributed by atoms with Crippen LogP contribution in [0.3, 0.4) is 0 Å². The number of nitrogens with one attached hydrogen (secondary N) is 1. The minimum Gasteiger partial charge on any atom is -0.490 e. The molecule has 0 radical (unpaired) electrons. The van der Waals surface area contributed by atoms with E-state index in [1.807, 2.05) is 32.0 Å². The van der Waals surface area contributed by atoms with E-state index in [1.165, 1.54) is 0 Å². The van der Waals surface area contributed by atoms with Crippen LogP contribution in [0, 0.1) is 19.8 Å². The molecule has 0 heterocycles. The van der Waals surface area contributed by atoms with Crippen LogP contribution >= 0.6 is 0 Å². The molecule has 4 nitrogen and oxygen atoms in total. The van der Waals surface area contributed by atoms with Crippen LogP contribution in [-0.2, 0) is 0 Å². The average molecular weight is 281 g/mol. The SMILES string of the molecule is Cc1cccc(C)c1OCC(O)CNCC(C)CCO. The van der Waals surface area contributed by atoms with Crippen LogP contribution in [0.4, 0.5) is 0 Å². The van der Waals surface area contributed by atoms with E-state index in [2.05, 4.69) is 12.2 Å². The van der Waals surface area contributed by atoms with Crippen LogP contribution in [0.5, 0.6) is 5.75 Å². The van der Waals surface area contributed by atoms with Crippen LogP contribution < -0.4 is 10.1 Å². The monoisotopic (exact) mass is 281 g/mol. The highest BCUT2D eigenvalue weighted by Crippen LogP contribution is 2.22. The Morgan fingerprint density at radius 3 is 2.45 bits per heavy atom. The highest BCUT2D eigenvalue weighted by molar-refractivity contribution is 5.39. The van der Waals surface area contributed by atoms with Gasteiger partial charge in [-0.15, -0.1) is 0 Å². The second-order valence-electron chi connectivity index (χ2n) is 5.46. The van der Waals surface area contributed by atoms with E-state index >= 15 is 0 Å². The summed E-state index contributed by atoms with van der Waals surface area (Å²) in [6.07, 6.45) is 0.248. The van der Waals surface area contributed by atoms with Crippen LogP contribution in [0.1, 0.15) is 24.5 Å². The minimum atomic E-state index is -0.532. The molecule has 2 atom stereocenters. The molecule has 0 saturated carbocycles. The lowest BCUT2D eigenvalue weighted by Gasteiger charge is -2.17. The normalized spacial score (nSPS) is 14.1. The molecule has 1 aromatic rings. The molecule has 0 aliphatic rings. The molecule has 0 aromatic heterocycles. The maximum absolute atomic E-state index is 9.90. The molecule has 0 spiro atoms. The van der Waals surface area contributed by atoms with Crippen molar-refractivity contribution in [2.45, 2.75) is 33.3 Å². The van der Waals surface area contributed by atoms with Gasteiger partial charge < -0.3 is 20.3 Å². The van der Waals surface area contributed by atoms with Gasteiger partial charge in [0, 0.05) is 13.2 Å². The Hall–Kier alpha value is -1.10. The van der Waals surface area contributed by atoms with Gasteiger partial charge in [-0.05, 0) is 43.9 Å². The summed E-state index contributed by atoms with van der Waals surface area (Å²) in [6, 6.07) is 6.01. The smallest absolute Gasteiger partial charge is 0.125 e. The minimum absolute atomic E-state index is 0.209. The topological polar surface area (TPSA) is 61.7 Å². The summed E-state index contributed by atoms with van der Waals surface area (Å²) >= 11 is 0. The molecule has 0 saturated heterocycles. The Labute approximate surface area is 121 Å². The predicted octanol–water partition coefficient (Wildman–Crippen LogP) is 1.65. The highest BCUT2D eigenvalue weighted by atomic mass is 16.5. The van der Waals surface area contributed by atoms with Crippen LogP contribution in [0.2, 0.25) is 0 Å².